The number of hydrogen-bond donors (Lipinski definition) is 1. The molecule has 3 fully saturated rings. The molecule has 2 bridgehead atoms. The maximum absolute atomic E-state index is 14.8. The third-order valence-electron chi connectivity index (χ3n) is 9.19. The molecular weight excluding hydrogens is 638 g/mol. The lowest BCUT2D eigenvalue weighted by Crippen LogP contribution is -2.57. The fourth-order valence-corrected chi connectivity index (χ4v) is 8.44. The number of carbonyl (C=O) groups excluding carboxylic acids is 3. The van der Waals surface area contributed by atoms with Gasteiger partial charge in [-0.15, -0.1) is 13.2 Å². The van der Waals surface area contributed by atoms with Gasteiger partial charge in [0.1, 0.15) is 17.4 Å². The lowest BCUT2D eigenvalue weighted by atomic mass is 9.70. The average molecular weight is 681 g/mol. The molecule has 5 rings (SSSR count). The van der Waals surface area contributed by atoms with Crippen molar-refractivity contribution in [3.05, 3.63) is 78.9 Å². The number of aryl methyl sites for hydroxylation is 2. The van der Waals surface area contributed by atoms with Gasteiger partial charge < -0.3 is 29.3 Å². The molecule has 2 aromatic rings. The zero-order valence-corrected chi connectivity index (χ0v) is 27.7. The van der Waals surface area contributed by atoms with Crippen molar-refractivity contribution in [3.63, 3.8) is 0 Å². The Labute approximate surface area is 273 Å². The third kappa shape index (κ3) is 5.61. The third-order valence-corrected chi connectivity index (χ3v) is 10.0. The molecule has 2 aromatic carbocycles. The van der Waals surface area contributed by atoms with E-state index in [1.165, 1.54) is 0 Å². The molecule has 6 atom stereocenters. The molecule has 0 saturated carbocycles. The van der Waals surface area contributed by atoms with E-state index in [9.17, 15) is 19.5 Å². The summed E-state index contributed by atoms with van der Waals surface area (Å²) in [5.41, 5.74) is 2.03. The minimum Gasteiger partial charge on any atom is -0.494 e. The van der Waals surface area contributed by atoms with Gasteiger partial charge in [-0.25, -0.2) is 0 Å². The number of aliphatic hydroxyl groups is 1. The second-order valence-corrected chi connectivity index (χ2v) is 13.1. The second-order valence-electron chi connectivity index (χ2n) is 11.9. The van der Waals surface area contributed by atoms with Gasteiger partial charge in [0.15, 0.2) is 0 Å². The normalized spacial score (nSPS) is 26.5. The maximum Gasteiger partial charge on any atom is 0.253 e. The van der Waals surface area contributed by atoms with E-state index >= 15 is 0 Å². The molecule has 3 unspecified atom stereocenters. The molecule has 1 spiro atoms. The highest BCUT2D eigenvalue weighted by atomic mass is 79.9. The Bertz CT molecular complexity index is 1440. The Morgan fingerprint density at radius 3 is 2.33 bits per heavy atom. The van der Waals surface area contributed by atoms with Crippen LogP contribution in [-0.4, -0.2) is 83.2 Å². The maximum atomic E-state index is 14.8. The summed E-state index contributed by atoms with van der Waals surface area (Å²) in [5.74, 6) is -1.85. The monoisotopic (exact) mass is 679 g/mol. The summed E-state index contributed by atoms with van der Waals surface area (Å²) in [5, 5.41) is 9.74. The van der Waals surface area contributed by atoms with E-state index in [2.05, 4.69) is 29.1 Å². The molecular formula is C35H42BrN3O6. The summed E-state index contributed by atoms with van der Waals surface area (Å²) in [6.45, 7) is 14.6. The standard InChI is InChI=1S/C35H42BrN3O6/c1-6-17-37(24-13-15-25(16-14-24)44-8-3)32(41)27-28-33(42)39(19-10-20-40)31(35(28)21-26(36)30(27)45-35)34(43)38(18-7-2)29-22(4)11-9-12-23(29)5/h6-7,9,11-16,26-28,30-31,40H,1-2,8,10,17-21H2,3-5H3/t26?,27-,28+,30-,31?,35?/m1/s1. The van der Waals surface area contributed by atoms with Gasteiger partial charge >= 0.3 is 0 Å². The first-order valence-electron chi connectivity index (χ1n) is 15.5. The Balaban J connectivity index is 1.57. The van der Waals surface area contributed by atoms with Crippen LogP contribution in [0.3, 0.4) is 0 Å². The molecule has 3 amide bonds. The fraction of sp³-hybridized carbons (Fsp3) is 0.457. The van der Waals surface area contributed by atoms with Crippen molar-refractivity contribution >= 4 is 45.0 Å². The van der Waals surface area contributed by atoms with Gasteiger partial charge in [0.2, 0.25) is 11.8 Å². The van der Waals surface area contributed by atoms with E-state index in [4.69, 9.17) is 9.47 Å². The number of nitrogens with zero attached hydrogens (tertiary/aromatic N) is 3. The molecule has 10 heteroatoms. The molecule has 0 aliphatic carbocycles. The molecule has 3 heterocycles. The van der Waals surface area contributed by atoms with Crippen LogP contribution >= 0.6 is 15.9 Å². The highest BCUT2D eigenvalue weighted by Gasteiger charge is 2.77. The SMILES string of the molecule is C=CCN(C(=O)[C@H]1[C@@H]2OC3(CC2Br)C(C(=O)N(CC=C)c2c(C)cccc2C)N(CCCO)C(=O)[C@H]13)c1ccc(OCC)cc1. The number of ether oxygens (including phenoxy) is 2. The van der Waals surface area contributed by atoms with Gasteiger partial charge in [0.05, 0.1) is 24.5 Å². The Morgan fingerprint density at radius 2 is 1.73 bits per heavy atom. The van der Waals surface area contributed by atoms with Gasteiger partial charge in [0, 0.05) is 42.4 Å². The Kier molecular flexibility index (Phi) is 9.86. The number of fused-ring (bicyclic) bond motifs is 1. The lowest BCUT2D eigenvalue weighted by Gasteiger charge is -2.38. The van der Waals surface area contributed by atoms with E-state index in [-0.39, 0.29) is 55.2 Å². The van der Waals surface area contributed by atoms with Crippen molar-refractivity contribution in [2.75, 3.05) is 42.6 Å². The molecule has 3 aliphatic rings. The van der Waals surface area contributed by atoms with Crippen LogP contribution in [0.25, 0.3) is 0 Å². The minimum atomic E-state index is -1.22. The number of alkyl halides is 1. The Morgan fingerprint density at radius 1 is 1.09 bits per heavy atom. The summed E-state index contributed by atoms with van der Waals surface area (Å²) in [6.07, 6.45) is 3.40. The van der Waals surface area contributed by atoms with Gasteiger partial charge in [-0.1, -0.05) is 46.3 Å². The smallest absolute Gasteiger partial charge is 0.253 e. The summed E-state index contributed by atoms with van der Waals surface area (Å²) < 4.78 is 12.3. The predicted octanol–water partition coefficient (Wildman–Crippen LogP) is 4.57. The molecule has 9 nitrogen and oxygen atoms in total. The van der Waals surface area contributed by atoms with Crippen LogP contribution in [0.1, 0.15) is 30.9 Å². The number of likely N-dealkylation sites (tertiary alicyclic amines) is 1. The topological polar surface area (TPSA) is 99.6 Å². The van der Waals surface area contributed by atoms with Crippen molar-refractivity contribution in [2.45, 2.75) is 56.2 Å². The number of aliphatic hydroxyl groups excluding tert-OH is 1. The van der Waals surface area contributed by atoms with Crippen molar-refractivity contribution in [3.8, 4) is 5.75 Å². The zero-order valence-electron chi connectivity index (χ0n) is 26.2. The molecule has 0 radical (unpaired) electrons. The van der Waals surface area contributed by atoms with Crippen molar-refractivity contribution in [2.24, 2.45) is 11.8 Å². The van der Waals surface area contributed by atoms with Crippen LogP contribution < -0.4 is 14.5 Å². The molecule has 3 saturated heterocycles. The number of carbonyl (C=O) groups is 3. The van der Waals surface area contributed by atoms with Crippen LogP contribution in [0, 0.1) is 25.7 Å². The van der Waals surface area contributed by atoms with Gasteiger partial charge in [-0.2, -0.15) is 0 Å². The highest BCUT2D eigenvalue weighted by Crippen LogP contribution is 2.60. The average Bonchev–Trinajstić information content (AvgIpc) is 3.61. The molecule has 240 valence electrons. The first-order valence-corrected chi connectivity index (χ1v) is 16.4. The highest BCUT2D eigenvalue weighted by molar-refractivity contribution is 9.09. The number of rotatable bonds is 13. The quantitative estimate of drug-likeness (QED) is 0.246. The summed E-state index contributed by atoms with van der Waals surface area (Å²) in [7, 11) is 0. The van der Waals surface area contributed by atoms with E-state index in [0.717, 1.165) is 16.8 Å². The molecule has 3 aliphatic heterocycles. The number of anilines is 2. The minimum absolute atomic E-state index is 0.145. The van der Waals surface area contributed by atoms with E-state index in [1.54, 1.807) is 26.9 Å². The number of para-hydroxylation sites is 1. The van der Waals surface area contributed by atoms with Crippen LogP contribution in [0.2, 0.25) is 0 Å². The lowest BCUT2D eigenvalue weighted by molar-refractivity contribution is -0.140. The first kappa shape index (κ1) is 32.9. The van der Waals surface area contributed by atoms with Gasteiger partial charge in [-0.3, -0.25) is 14.4 Å². The summed E-state index contributed by atoms with van der Waals surface area (Å²) in [6, 6.07) is 12.1. The van der Waals surface area contributed by atoms with Crippen LogP contribution in [-0.2, 0) is 19.1 Å². The van der Waals surface area contributed by atoms with Crippen molar-refractivity contribution < 1.29 is 29.0 Å². The van der Waals surface area contributed by atoms with Crippen LogP contribution in [0.15, 0.2) is 67.8 Å². The fourth-order valence-electron chi connectivity index (χ4n) is 7.49. The predicted molar refractivity (Wildman–Crippen MR) is 178 cm³/mol. The summed E-state index contributed by atoms with van der Waals surface area (Å²) in [4.78, 5) is 48.4. The summed E-state index contributed by atoms with van der Waals surface area (Å²) >= 11 is 3.77. The van der Waals surface area contributed by atoms with Gasteiger partial charge in [-0.05, 0) is 69.0 Å². The Hall–Kier alpha value is -3.47. The van der Waals surface area contributed by atoms with Crippen molar-refractivity contribution in [1.82, 2.24) is 4.90 Å². The molecule has 1 N–H and O–H groups in total. The zero-order chi connectivity index (χ0) is 32.5. The van der Waals surface area contributed by atoms with Crippen LogP contribution in [0.5, 0.6) is 5.75 Å². The number of benzene rings is 2. The number of hydrogen-bond acceptors (Lipinski definition) is 6. The number of halogens is 1. The van der Waals surface area contributed by atoms with Crippen molar-refractivity contribution in [1.29, 1.82) is 0 Å². The van der Waals surface area contributed by atoms with E-state index in [1.807, 2.05) is 63.2 Å². The van der Waals surface area contributed by atoms with Crippen LogP contribution in [0.4, 0.5) is 11.4 Å². The molecule has 0 aromatic heterocycles. The second kappa shape index (κ2) is 13.5. The number of amides is 3. The van der Waals surface area contributed by atoms with E-state index in [0.29, 0.717) is 24.5 Å². The van der Waals surface area contributed by atoms with Gasteiger partial charge in [0.25, 0.3) is 5.91 Å². The van der Waals surface area contributed by atoms with E-state index < -0.39 is 29.6 Å². The largest absolute Gasteiger partial charge is 0.494 e. The first-order chi connectivity index (χ1) is 21.6. The molecule has 45 heavy (non-hydrogen) atoms.